The van der Waals surface area contributed by atoms with Gasteiger partial charge >= 0.3 is 5.91 Å². The highest BCUT2D eigenvalue weighted by Crippen LogP contribution is 2.31. The molecule has 8 heteroatoms. The SMILES string of the molecule is COc1ccccc1NC(=O)c1oc2c(c1C)/C(=N/NC(=O)c1ccco1)CCC2. The second kappa shape index (κ2) is 8.28. The molecule has 2 N–H and O–H groups in total. The Labute approximate surface area is 172 Å². The lowest BCUT2D eigenvalue weighted by atomic mass is 9.93. The van der Waals surface area contributed by atoms with Crippen LogP contribution in [0, 0.1) is 6.92 Å². The minimum absolute atomic E-state index is 0.177. The second-order valence-corrected chi connectivity index (χ2v) is 6.84. The topological polar surface area (TPSA) is 106 Å². The van der Waals surface area contributed by atoms with Gasteiger partial charge in [-0.15, -0.1) is 0 Å². The summed E-state index contributed by atoms with van der Waals surface area (Å²) in [6.45, 7) is 1.81. The molecule has 154 valence electrons. The van der Waals surface area contributed by atoms with E-state index in [1.807, 2.05) is 19.1 Å². The van der Waals surface area contributed by atoms with Crippen LogP contribution in [-0.2, 0) is 6.42 Å². The van der Waals surface area contributed by atoms with Crippen molar-refractivity contribution < 1.29 is 23.2 Å². The summed E-state index contributed by atoms with van der Waals surface area (Å²) < 4.78 is 16.2. The molecule has 0 atom stereocenters. The number of benzene rings is 1. The zero-order valence-electron chi connectivity index (χ0n) is 16.7. The summed E-state index contributed by atoms with van der Waals surface area (Å²) in [5.74, 6) is 0.840. The number of nitrogens with one attached hydrogen (secondary N) is 2. The Bertz CT molecular complexity index is 1110. The van der Waals surface area contributed by atoms with E-state index >= 15 is 0 Å². The van der Waals surface area contributed by atoms with Crippen molar-refractivity contribution in [3.8, 4) is 5.75 Å². The smallest absolute Gasteiger partial charge is 0.307 e. The molecule has 0 spiro atoms. The Hall–Kier alpha value is -3.81. The lowest BCUT2D eigenvalue weighted by molar-refractivity contribution is 0.0926. The normalized spacial score (nSPS) is 14.3. The van der Waals surface area contributed by atoms with E-state index in [0.717, 1.165) is 12.0 Å². The van der Waals surface area contributed by atoms with Crippen molar-refractivity contribution >= 4 is 23.2 Å². The molecule has 8 nitrogen and oxygen atoms in total. The molecule has 0 fully saturated rings. The fraction of sp³-hybridized carbons (Fsp3) is 0.227. The van der Waals surface area contributed by atoms with Gasteiger partial charge in [-0.2, -0.15) is 5.10 Å². The molecule has 1 aliphatic rings. The van der Waals surface area contributed by atoms with Gasteiger partial charge < -0.3 is 18.9 Å². The number of hydrogen-bond acceptors (Lipinski definition) is 6. The number of para-hydroxylation sites is 2. The number of hydrazone groups is 1. The van der Waals surface area contributed by atoms with Crippen LogP contribution in [-0.4, -0.2) is 24.6 Å². The first kappa shape index (κ1) is 19.5. The van der Waals surface area contributed by atoms with E-state index in [-0.39, 0.29) is 17.4 Å². The number of furan rings is 2. The van der Waals surface area contributed by atoms with Gasteiger partial charge in [0.25, 0.3) is 5.91 Å². The standard InChI is InChI=1S/C22H21N3O5/c1-13-19-15(24-25-21(26)18-11-6-12-29-18)8-5-10-17(19)30-20(13)22(27)23-14-7-3-4-9-16(14)28-2/h3-4,6-7,9,11-12H,5,8,10H2,1-2H3,(H,23,27)(H,25,26)/b24-15+. The van der Waals surface area contributed by atoms with Crippen LogP contribution in [0.2, 0.25) is 0 Å². The molecule has 0 unspecified atom stereocenters. The third-order valence-electron chi connectivity index (χ3n) is 4.92. The average Bonchev–Trinajstić information content (AvgIpc) is 3.41. The van der Waals surface area contributed by atoms with Crippen LogP contribution in [0.3, 0.4) is 0 Å². The van der Waals surface area contributed by atoms with Crippen LogP contribution in [0.15, 0.2) is 56.6 Å². The number of methoxy groups -OCH3 is 1. The summed E-state index contributed by atoms with van der Waals surface area (Å²) in [6, 6.07) is 10.3. The number of carbonyl (C=O) groups is 2. The van der Waals surface area contributed by atoms with Crippen molar-refractivity contribution in [3.05, 3.63) is 71.1 Å². The molecule has 1 aliphatic carbocycles. The van der Waals surface area contributed by atoms with Crippen LogP contribution in [0.25, 0.3) is 0 Å². The third-order valence-corrected chi connectivity index (χ3v) is 4.92. The van der Waals surface area contributed by atoms with Crippen molar-refractivity contribution in [2.24, 2.45) is 5.10 Å². The monoisotopic (exact) mass is 407 g/mol. The Balaban J connectivity index is 1.59. The van der Waals surface area contributed by atoms with Crippen LogP contribution in [0.4, 0.5) is 5.69 Å². The van der Waals surface area contributed by atoms with Crippen LogP contribution in [0.5, 0.6) is 5.75 Å². The van der Waals surface area contributed by atoms with E-state index in [2.05, 4.69) is 15.8 Å². The summed E-state index contributed by atoms with van der Waals surface area (Å²) in [4.78, 5) is 25.0. The van der Waals surface area contributed by atoms with Gasteiger partial charge in [-0.05, 0) is 44.0 Å². The zero-order valence-corrected chi connectivity index (χ0v) is 16.7. The second-order valence-electron chi connectivity index (χ2n) is 6.84. The fourth-order valence-corrected chi connectivity index (χ4v) is 3.50. The van der Waals surface area contributed by atoms with E-state index in [4.69, 9.17) is 13.6 Å². The Morgan fingerprint density at radius 2 is 1.93 bits per heavy atom. The van der Waals surface area contributed by atoms with E-state index in [1.54, 1.807) is 31.4 Å². The van der Waals surface area contributed by atoms with Crippen molar-refractivity contribution in [3.63, 3.8) is 0 Å². The lowest BCUT2D eigenvalue weighted by Gasteiger charge is -2.13. The molecule has 0 saturated heterocycles. The highest BCUT2D eigenvalue weighted by Gasteiger charge is 2.28. The van der Waals surface area contributed by atoms with Crippen LogP contribution < -0.4 is 15.5 Å². The maximum Gasteiger partial charge on any atom is 0.307 e. The van der Waals surface area contributed by atoms with E-state index in [0.29, 0.717) is 41.3 Å². The van der Waals surface area contributed by atoms with Crippen molar-refractivity contribution in [1.29, 1.82) is 0 Å². The minimum atomic E-state index is -0.435. The molecule has 0 saturated carbocycles. The van der Waals surface area contributed by atoms with E-state index < -0.39 is 5.91 Å². The van der Waals surface area contributed by atoms with Gasteiger partial charge in [0.1, 0.15) is 11.5 Å². The van der Waals surface area contributed by atoms with Crippen LogP contribution in [0.1, 0.15) is 50.8 Å². The maximum absolute atomic E-state index is 12.9. The molecule has 0 bridgehead atoms. The van der Waals surface area contributed by atoms with Gasteiger partial charge in [0.15, 0.2) is 11.5 Å². The zero-order chi connectivity index (χ0) is 21.1. The summed E-state index contributed by atoms with van der Waals surface area (Å²) in [5, 5.41) is 7.10. The van der Waals surface area contributed by atoms with E-state index in [1.165, 1.54) is 6.26 Å². The summed E-state index contributed by atoms with van der Waals surface area (Å²) in [7, 11) is 1.54. The third kappa shape index (κ3) is 3.71. The molecule has 2 aromatic heterocycles. The molecule has 2 heterocycles. The van der Waals surface area contributed by atoms with Gasteiger partial charge in [0, 0.05) is 17.5 Å². The number of ether oxygens (including phenoxy) is 1. The highest BCUT2D eigenvalue weighted by molar-refractivity contribution is 6.09. The Morgan fingerprint density at radius 1 is 1.10 bits per heavy atom. The lowest BCUT2D eigenvalue weighted by Crippen LogP contribution is -2.21. The summed E-state index contributed by atoms with van der Waals surface area (Å²) in [6.07, 6.45) is 3.60. The summed E-state index contributed by atoms with van der Waals surface area (Å²) in [5.41, 5.74) is 5.19. The maximum atomic E-state index is 12.9. The first-order valence-electron chi connectivity index (χ1n) is 9.56. The molecule has 30 heavy (non-hydrogen) atoms. The largest absolute Gasteiger partial charge is 0.495 e. The number of fused-ring (bicyclic) bond motifs is 1. The molecule has 1 aromatic carbocycles. The molecule has 2 amide bonds. The quantitative estimate of drug-likeness (QED) is 0.624. The number of amides is 2. The van der Waals surface area contributed by atoms with Gasteiger partial charge in [-0.3, -0.25) is 9.59 Å². The first-order chi connectivity index (χ1) is 14.6. The minimum Gasteiger partial charge on any atom is -0.495 e. The van der Waals surface area contributed by atoms with Gasteiger partial charge in [-0.1, -0.05) is 12.1 Å². The number of carbonyl (C=O) groups excluding carboxylic acids is 2. The van der Waals surface area contributed by atoms with Crippen LogP contribution >= 0.6 is 0 Å². The Morgan fingerprint density at radius 3 is 2.70 bits per heavy atom. The van der Waals surface area contributed by atoms with Gasteiger partial charge in [-0.25, -0.2) is 5.43 Å². The molecule has 4 rings (SSSR count). The van der Waals surface area contributed by atoms with Crippen molar-refractivity contribution in [2.45, 2.75) is 26.2 Å². The molecule has 0 radical (unpaired) electrons. The van der Waals surface area contributed by atoms with Gasteiger partial charge in [0.2, 0.25) is 0 Å². The predicted molar refractivity (Wildman–Crippen MR) is 110 cm³/mol. The molecule has 3 aromatic rings. The number of nitrogens with zero attached hydrogens (tertiary/aromatic N) is 1. The average molecular weight is 407 g/mol. The van der Waals surface area contributed by atoms with E-state index in [9.17, 15) is 9.59 Å². The Kier molecular flexibility index (Phi) is 5.38. The van der Waals surface area contributed by atoms with Crippen molar-refractivity contribution in [1.82, 2.24) is 5.43 Å². The number of aryl methyl sites for hydroxylation is 1. The fourth-order valence-electron chi connectivity index (χ4n) is 3.50. The molecular weight excluding hydrogens is 386 g/mol. The molecule has 0 aliphatic heterocycles. The first-order valence-corrected chi connectivity index (χ1v) is 9.56. The number of hydrogen-bond donors (Lipinski definition) is 2. The van der Waals surface area contributed by atoms with Crippen molar-refractivity contribution in [2.75, 3.05) is 12.4 Å². The van der Waals surface area contributed by atoms with Gasteiger partial charge in [0.05, 0.1) is 24.8 Å². The highest BCUT2D eigenvalue weighted by atomic mass is 16.5. The predicted octanol–water partition coefficient (Wildman–Crippen LogP) is 3.91. The number of rotatable bonds is 5. The summed E-state index contributed by atoms with van der Waals surface area (Å²) >= 11 is 0. The number of anilines is 1. The molecular formula is C22H21N3O5.